The minimum absolute atomic E-state index is 0.0127. The highest BCUT2D eigenvalue weighted by Crippen LogP contribution is 2.34. The Balaban J connectivity index is 2.65. The molecular weight excluding hydrogens is 271 g/mol. The fourth-order valence-corrected chi connectivity index (χ4v) is 2.00. The molecule has 1 heterocycles. The number of imidazole rings is 1. The number of nitrogen functional groups attached to an aromatic ring is 1. The third-order valence-electron chi connectivity index (χ3n) is 3.04. The van der Waals surface area contributed by atoms with Crippen molar-refractivity contribution in [2.24, 2.45) is 5.41 Å². The average molecular weight is 287 g/mol. The molecule has 0 atom stereocenters. The Morgan fingerprint density at radius 3 is 2.50 bits per heavy atom. The van der Waals surface area contributed by atoms with Gasteiger partial charge in [-0.2, -0.15) is 13.2 Å². The summed E-state index contributed by atoms with van der Waals surface area (Å²) in [4.78, 5) is 3.64. The number of hydrogen-bond acceptors (Lipinski definition) is 3. The smallest absolute Gasteiger partial charge is 0.399 e. The highest BCUT2D eigenvalue weighted by molar-refractivity contribution is 5.79. The molecule has 3 N–H and O–H groups in total. The maximum absolute atomic E-state index is 13.1. The van der Waals surface area contributed by atoms with Gasteiger partial charge in [0.15, 0.2) is 0 Å². The third-order valence-corrected chi connectivity index (χ3v) is 3.04. The number of alkyl halides is 3. The summed E-state index contributed by atoms with van der Waals surface area (Å²) in [6.07, 6.45) is -4.56. The Bertz CT molecular complexity index is 632. The van der Waals surface area contributed by atoms with Crippen molar-refractivity contribution in [1.82, 2.24) is 9.55 Å². The molecule has 0 spiro atoms. The molecular formula is C13H16F3N3O. The number of nitrogens with zero attached hydrogens (tertiary/aromatic N) is 2. The minimum atomic E-state index is -4.56. The summed E-state index contributed by atoms with van der Waals surface area (Å²) in [5.74, 6) is -0.973. The number of aliphatic hydroxyl groups excluding tert-OH is 1. The monoisotopic (exact) mass is 287 g/mol. The van der Waals surface area contributed by atoms with Gasteiger partial charge in [0.2, 0.25) is 5.82 Å². The van der Waals surface area contributed by atoms with E-state index in [-0.39, 0.29) is 18.7 Å². The van der Waals surface area contributed by atoms with Gasteiger partial charge in [0.25, 0.3) is 0 Å². The van der Waals surface area contributed by atoms with Crippen LogP contribution in [-0.2, 0) is 12.7 Å². The van der Waals surface area contributed by atoms with E-state index in [1.54, 1.807) is 13.8 Å². The highest BCUT2D eigenvalue weighted by Gasteiger charge is 2.38. The molecule has 20 heavy (non-hydrogen) atoms. The number of fused-ring (bicyclic) bond motifs is 1. The van der Waals surface area contributed by atoms with E-state index in [2.05, 4.69) is 4.98 Å². The van der Waals surface area contributed by atoms with Crippen LogP contribution in [-0.4, -0.2) is 21.3 Å². The molecule has 1 aromatic heterocycles. The van der Waals surface area contributed by atoms with E-state index >= 15 is 0 Å². The number of aromatic nitrogens is 2. The summed E-state index contributed by atoms with van der Waals surface area (Å²) in [6, 6.07) is 4.46. The Hall–Kier alpha value is -1.76. The van der Waals surface area contributed by atoms with Crippen molar-refractivity contribution in [1.29, 1.82) is 0 Å². The Kier molecular flexibility index (Phi) is 3.41. The number of nitrogens with two attached hydrogens (primary N) is 1. The topological polar surface area (TPSA) is 64.1 Å². The summed E-state index contributed by atoms with van der Waals surface area (Å²) < 4.78 is 40.4. The van der Waals surface area contributed by atoms with Crippen LogP contribution in [0.1, 0.15) is 19.7 Å². The number of rotatable bonds is 3. The largest absolute Gasteiger partial charge is 0.449 e. The molecule has 0 amide bonds. The predicted molar refractivity (Wildman–Crippen MR) is 70.0 cm³/mol. The van der Waals surface area contributed by atoms with Crippen LogP contribution in [0, 0.1) is 5.41 Å². The number of benzene rings is 1. The maximum atomic E-state index is 13.1. The van der Waals surface area contributed by atoms with Crippen LogP contribution in [0.4, 0.5) is 18.9 Å². The molecule has 0 bridgehead atoms. The number of halogens is 3. The van der Waals surface area contributed by atoms with E-state index in [9.17, 15) is 18.3 Å². The first-order valence-corrected chi connectivity index (χ1v) is 6.08. The van der Waals surface area contributed by atoms with Crippen molar-refractivity contribution in [2.45, 2.75) is 26.6 Å². The lowest BCUT2D eigenvalue weighted by atomic mass is 9.95. The summed E-state index contributed by atoms with van der Waals surface area (Å²) in [7, 11) is 0. The lowest BCUT2D eigenvalue weighted by molar-refractivity contribution is -0.147. The van der Waals surface area contributed by atoms with Gasteiger partial charge in [-0.25, -0.2) is 4.98 Å². The van der Waals surface area contributed by atoms with Gasteiger partial charge in [-0.15, -0.1) is 0 Å². The summed E-state index contributed by atoms with van der Waals surface area (Å²) >= 11 is 0. The Morgan fingerprint density at radius 1 is 1.30 bits per heavy atom. The fourth-order valence-electron chi connectivity index (χ4n) is 2.00. The lowest BCUT2D eigenvalue weighted by Crippen LogP contribution is -2.27. The van der Waals surface area contributed by atoms with Crippen LogP contribution in [0.2, 0.25) is 0 Å². The minimum Gasteiger partial charge on any atom is -0.399 e. The van der Waals surface area contributed by atoms with Gasteiger partial charge in [-0.3, -0.25) is 0 Å². The van der Waals surface area contributed by atoms with Crippen LogP contribution < -0.4 is 5.73 Å². The average Bonchev–Trinajstić information content (AvgIpc) is 2.66. The van der Waals surface area contributed by atoms with Crippen LogP contribution >= 0.6 is 0 Å². The molecule has 2 rings (SSSR count). The summed E-state index contributed by atoms with van der Waals surface area (Å²) in [5, 5.41) is 9.27. The van der Waals surface area contributed by atoms with Gasteiger partial charge < -0.3 is 15.4 Å². The van der Waals surface area contributed by atoms with E-state index in [4.69, 9.17) is 5.73 Å². The van der Waals surface area contributed by atoms with Crippen molar-refractivity contribution in [3.05, 3.63) is 24.0 Å². The van der Waals surface area contributed by atoms with Gasteiger partial charge in [-0.05, 0) is 18.2 Å². The van der Waals surface area contributed by atoms with Crippen molar-refractivity contribution >= 4 is 16.7 Å². The van der Waals surface area contributed by atoms with Crippen LogP contribution in [0.5, 0.6) is 0 Å². The van der Waals surface area contributed by atoms with Crippen molar-refractivity contribution < 1.29 is 18.3 Å². The molecule has 0 radical (unpaired) electrons. The van der Waals surface area contributed by atoms with Crippen LogP contribution in [0.3, 0.4) is 0 Å². The Labute approximate surface area is 114 Å². The highest BCUT2D eigenvalue weighted by atomic mass is 19.4. The van der Waals surface area contributed by atoms with Crippen molar-refractivity contribution in [3.8, 4) is 0 Å². The van der Waals surface area contributed by atoms with E-state index in [1.807, 2.05) is 0 Å². The van der Waals surface area contributed by atoms with E-state index < -0.39 is 17.4 Å². The molecule has 110 valence electrons. The van der Waals surface area contributed by atoms with Gasteiger partial charge >= 0.3 is 6.18 Å². The lowest BCUT2D eigenvalue weighted by Gasteiger charge is -2.24. The molecule has 0 fully saturated rings. The zero-order chi connectivity index (χ0) is 15.1. The summed E-state index contributed by atoms with van der Waals surface area (Å²) in [6.45, 7) is 3.17. The molecule has 1 aromatic carbocycles. The normalized spacial score (nSPS) is 13.1. The second kappa shape index (κ2) is 4.66. The fraction of sp³-hybridized carbons (Fsp3) is 0.462. The molecule has 2 aromatic rings. The molecule has 0 unspecified atom stereocenters. The zero-order valence-electron chi connectivity index (χ0n) is 11.2. The predicted octanol–water partition coefficient (Wildman–Crippen LogP) is 2.66. The second-order valence-corrected chi connectivity index (χ2v) is 5.59. The first-order chi connectivity index (χ1) is 9.14. The van der Waals surface area contributed by atoms with E-state index in [1.165, 1.54) is 18.2 Å². The second-order valence-electron chi connectivity index (χ2n) is 5.59. The van der Waals surface area contributed by atoms with Gasteiger partial charge in [0.05, 0.1) is 11.0 Å². The first kappa shape index (κ1) is 14.6. The molecule has 4 nitrogen and oxygen atoms in total. The van der Waals surface area contributed by atoms with Crippen molar-refractivity contribution in [3.63, 3.8) is 0 Å². The molecule has 0 aliphatic heterocycles. The van der Waals surface area contributed by atoms with Crippen molar-refractivity contribution in [2.75, 3.05) is 12.3 Å². The van der Waals surface area contributed by atoms with Gasteiger partial charge in [0.1, 0.15) is 0 Å². The maximum Gasteiger partial charge on any atom is 0.449 e. The first-order valence-electron chi connectivity index (χ1n) is 6.08. The molecule has 0 aliphatic rings. The van der Waals surface area contributed by atoms with E-state index in [0.29, 0.717) is 11.2 Å². The molecule has 0 saturated carbocycles. The molecule has 0 saturated heterocycles. The van der Waals surface area contributed by atoms with Gasteiger partial charge in [0, 0.05) is 24.3 Å². The van der Waals surface area contributed by atoms with Gasteiger partial charge in [-0.1, -0.05) is 13.8 Å². The molecule has 7 heteroatoms. The van der Waals surface area contributed by atoms with Crippen LogP contribution in [0.25, 0.3) is 11.0 Å². The van der Waals surface area contributed by atoms with Crippen LogP contribution in [0.15, 0.2) is 18.2 Å². The zero-order valence-corrected chi connectivity index (χ0v) is 11.2. The molecule has 0 aliphatic carbocycles. The third kappa shape index (κ3) is 2.72. The summed E-state index contributed by atoms with van der Waals surface area (Å²) in [5.41, 5.74) is 5.80. The number of hydrogen-bond donors (Lipinski definition) is 2. The SMILES string of the molecule is CC(C)(CO)Cn1c(C(F)(F)F)nc2cc(N)ccc21. The number of anilines is 1. The Morgan fingerprint density at radius 2 is 1.95 bits per heavy atom. The quantitative estimate of drug-likeness (QED) is 0.853. The standard InChI is InChI=1S/C13H16F3N3O/c1-12(2,7-20)6-19-10-4-3-8(17)5-9(10)18-11(19)13(14,15)16/h3-5,20H,6-7,17H2,1-2H3. The number of aliphatic hydroxyl groups is 1. The van der Waals surface area contributed by atoms with E-state index in [0.717, 1.165) is 4.57 Å².